The minimum atomic E-state index is -0.127. The molecule has 0 radical (unpaired) electrons. The molecule has 1 aromatic heterocycles. The van der Waals surface area contributed by atoms with Crippen molar-refractivity contribution in [1.82, 2.24) is 4.98 Å². The van der Waals surface area contributed by atoms with Crippen LogP contribution in [0.4, 0.5) is 5.69 Å². The number of H-pyrrole nitrogens is 1. The van der Waals surface area contributed by atoms with E-state index in [2.05, 4.69) is 10.3 Å². The maximum atomic E-state index is 11.7. The molecule has 0 unspecified atom stereocenters. The monoisotopic (exact) mass is 244 g/mol. The average Bonchev–Trinajstić information content (AvgIpc) is 2.64. The van der Waals surface area contributed by atoms with Gasteiger partial charge in [-0.15, -0.1) is 0 Å². The predicted molar refractivity (Wildman–Crippen MR) is 71.6 cm³/mol. The molecule has 1 aromatic carbocycles. The summed E-state index contributed by atoms with van der Waals surface area (Å²) in [5.41, 5.74) is 2.73. The highest BCUT2D eigenvalue weighted by Crippen LogP contribution is 2.26. The van der Waals surface area contributed by atoms with E-state index in [1.54, 1.807) is 0 Å². The summed E-state index contributed by atoms with van der Waals surface area (Å²) in [5, 5.41) is 3.86. The molecule has 0 bridgehead atoms. The van der Waals surface area contributed by atoms with Gasteiger partial charge in [-0.1, -0.05) is 18.2 Å². The highest BCUT2D eigenvalue weighted by atomic mass is 16.2. The zero-order valence-electron chi connectivity index (χ0n) is 10.5. The second-order valence-electron chi connectivity index (χ2n) is 4.42. The third-order valence-electron chi connectivity index (χ3n) is 2.86. The summed E-state index contributed by atoms with van der Waals surface area (Å²) in [4.78, 5) is 25.8. The summed E-state index contributed by atoms with van der Waals surface area (Å²) in [6.07, 6.45) is 0.515. The molecule has 0 aliphatic rings. The van der Waals surface area contributed by atoms with Gasteiger partial charge in [0.15, 0.2) is 0 Å². The number of amides is 1. The Hall–Kier alpha value is -2.10. The van der Waals surface area contributed by atoms with Crippen molar-refractivity contribution in [2.75, 3.05) is 5.32 Å². The lowest BCUT2D eigenvalue weighted by Gasteiger charge is -2.04. The molecule has 0 fully saturated rings. The number of benzene rings is 1. The normalized spacial score (nSPS) is 10.6. The summed E-state index contributed by atoms with van der Waals surface area (Å²) in [5.74, 6) is -0.0983. The molecule has 2 aromatic rings. The quantitative estimate of drug-likeness (QED) is 0.868. The number of aromatic nitrogens is 1. The molecule has 94 valence electrons. The fraction of sp³-hybridized carbons (Fsp3) is 0.286. The average molecular weight is 244 g/mol. The van der Waals surface area contributed by atoms with Gasteiger partial charge in [0, 0.05) is 29.4 Å². The van der Waals surface area contributed by atoms with E-state index in [0.29, 0.717) is 0 Å². The van der Waals surface area contributed by atoms with Gasteiger partial charge in [0.25, 0.3) is 0 Å². The molecule has 2 N–H and O–H groups in total. The van der Waals surface area contributed by atoms with Crippen molar-refractivity contribution in [3.05, 3.63) is 30.0 Å². The zero-order valence-corrected chi connectivity index (χ0v) is 10.5. The molecule has 4 heteroatoms. The standard InChI is InChI=1S/C14H16N2O2/c1-9(17)7-8-13(18)16-14-10(2)15-12-6-4-3-5-11(12)14/h3-6,15H,7-8H2,1-2H3,(H,16,18). The number of rotatable bonds is 4. The summed E-state index contributed by atoms with van der Waals surface area (Å²) in [7, 11) is 0. The smallest absolute Gasteiger partial charge is 0.224 e. The summed E-state index contributed by atoms with van der Waals surface area (Å²) in [6.45, 7) is 3.41. The molecule has 0 saturated heterocycles. The lowest BCUT2D eigenvalue weighted by molar-refractivity contribution is -0.121. The molecule has 1 amide bonds. The van der Waals surface area contributed by atoms with Crippen LogP contribution in [-0.2, 0) is 9.59 Å². The van der Waals surface area contributed by atoms with Crippen molar-refractivity contribution in [1.29, 1.82) is 0 Å². The Morgan fingerprint density at radius 3 is 2.67 bits per heavy atom. The third kappa shape index (κ3) is 2.59. The molecule has 4 nitrogen and oxygen atoms in total. The van der Waals surface area contributed by atoms with Gasteiger partial charge < -0.3 is 15.1 Å². The van der Waals surface area contributed by atoms with E-state index < -0.39 is 0 Å². The molecule has 0 spiro atoms. The van der Waals surface area contributed by atoms with Crippen molar-refractivity contribution in [3.8, 4) is 0 Å². The van der Waals surface area contributed by atoms with Gasteiger partial charge in [-0.05, 0) is 19.9 Å². The number of carbonyl (C=O) groups excluding carboxylic acids is 2. The Morgan fingerprint density at radius 1 is 1.22 bits per heavy atom. The topological polar surface area (TPSA) is 62.0 Å². The minimum absolute atomic E-state index is 0.0285. The first kappa shape index (κ1) is 12.4. The van der Waals surface area contributed by atoms with E-state index in [9.17, 15) is 9.59 Å². The molecule has 1 heterocycles. The van der Waals surface area contributed by atoms with Gasteiger partial charge in [0.2, 0.25) is 5.91 Å². The van der Waals surface area contributed by atoms with Gasteiger partial charge in [-0.25, -0.2) is 0 Å². The molecular formula is C14H16N2O2. The van der Waals surface area contributed by atoms with E-state index in [0.717, 1.165) is 22.3 Å². The summed E-state index contributed by atoms with van der Waals surface area (Å²) in [6, 6.07) is 7.80. The molecule has 2 rings (SSSR count). The number of Topliss-reactive ketones (excluding diaryl/α,β-unsaturated/α-hetero) is 1. The zero-order chi connectivity index (χ0) is 13.1. The van der Waals surface area contributed by atoms with E-state index >= 15 is 0 Å². The van der Waals surface area contributed by atoms with Crippen LogP contribution in [-0.4, -0.2) is 16.7 Å². The van der Waals surface area contributed by atoms with Crippen LogP contribution in [0.15, 0.2) is 24.3 Å². The van der Waals surface area contributed by atoms with Crippen LogP contribution in [0.2, 0.25) is 0 Å². The van der Waals surface area contributed by atoms with Crippen LogP contribution in [0.1, 0.15) is 25.5 Å². The van der Waals surface area contributed by atoms with Gasteiger partial charge in [-0.3, -0.25) is 4.79 Å². The van der Waals surface area contributed by atoms with Crippen molar-refractivity contribution < 1.29 is 9.59 Å². The van der Waals surface area contributed by atoms with Crippen molar-refractivity contribution >= 4 is 28.3 Å². The van der Waals surface area contributed by atoms with Crippen LogP contribution in [0, 0.1) is 6.92 Å². The highest BCUT2D eigenvalue weighted by molar-refractivity contribution is 6.03. The van der Waals surface area contributed by atoms with Gasteiger partial charge >= 0.3 is 0 Å². The largest absolute Gasteiger partial charge is 0.357 e. The number of hydrogen-bond acceptors (Lipinski definition) is 2. The molecule has 0 saturated carbocycles. The number of ketones is 1. The molecule has 18 heavy (non-hydrogen) atoms. The molecule has 0 atom stereocenters. The van der Waals surface area contributed by atoms with E-state index in [1.165, 1.54) is 6.92 Å². The fourth-order valence-electron chi connectivity index (χ4n) is 1.93. The molecule has 0 aliphatic carbocycles. The highest BCUT2D eigenvalue weighted by Gasteiger charge is 2.11. The number of aromatic amines is 1. The predicted octanol–water partition coefficient (Wildman–Crippen LogP) is 2.78. The molecule has 0 aliphatic heterocycles. The van der Waals surface area contributed by atoms with E-state index in [4.69, 9.17) is 0 Å². The van der Waals surface area contributed by atoms with Gasteiger partial charge in [0.1, 0.15) is 5.78 Å². The van der Waals surface area contributed by atoms with Crippen molar-refractivity contribution in [3.63, 3.8) is 0 Å². The lowest BCUT2D eigenvalue weighted by atomic mass is 10.2. The van der Waals surface area contributed by atoms with Gasteiger partial charge in [-0.2, -0.15) is 0 Å². The number of carbonyl (C=O) groups is 2. The Bertz CT molecular complexity index is 599. The summed E-state index contributed by atoms with van der Waals surface area (Å²) >= 11 is 0. The van der Waals surface area contributed by atoms with Crippen LogP contribution in [0.5, 0.6) is 0 Å². The van der Waals surface area contributed by atoms with Crippen LogP contribution >= 0.6 is 0 Å². The number of anilines is 1. The Kier molecular flexibility index (Phi) is 3.46. The van der Waals surface area contributed by atoms with Crippen LogP contribution < -0.4 is 5.32 Å². The first-order valence-corrected chi connectivity index (χ1v) is 5.94. The first-order valence-electron chi connectivity index (χ1n) is 5.94. The van der Waals surface area contributed by atoms with Crippen LogP contribution in [0.25, 0.3) is 10.9 Å². The van der Waals surface area contributed by atoms with Crippen molar-refractivity contribution in [2.24, 2.45) is 0 Å². The number of hydrogen-bond donors (Lipinski definition) is 2. The van der Waals surface area contributed by atoms with Gasteiger partial charge in [0.05, 0.1) is 5.69 Å². The van der Waals surface area contributed by atoms with E-state index in [-0.39, 0.29) is 24.5 Å². The second kappa shape index (κ2) is 5.04. The Labute approximate surface area is 105 Å². The maximum absolute atomic E-state index is 11.7. The second-order valence-corrected chi connectivity index (χ2v) is 4.42. The number of fused-ring (bicyclic) bond motifs is 1. The molecular weight excluding hydrogens is 228 g/mol. The minimum Gasteiger partial charge on any atom is -0.357 e. The number of aryl methyl sites for hydroxylation is 1. The Balaban J connectivity index is 2.18. The maximum Gasteiger partial charge on any atom is 0.224 e. The lowest BCUT2D eigenvalue weighted by Crippen LogP contribution is -2.13. The third-order valence-corrected chi connectivity index (χ3v) is 2.86. The number of nitrogens with one attached hydrogen (secondary N) is 2. The number of para-hydroxylation sites is 1. The van der Waals surface area contributed by atoms with Crippen LogP contribution in [0.3, 0.4) is 0 Å². The SMILES string of the molecule is CC(=O)CCC(=O)Nc1c(C)[nH]c2ccccc12. The summed E-state index contributed by atoms with van der Waals surface area (Å²) < 4.78 is 0. The van der Waals surface area contributed by atoms with E-state index in [1.807, 2.05) is 31.2 Å². The fourth-order valence-corrected chi connectivity index (χ4v) is 1.93. The van der Waals surface area contributed by atoms with Crippen molar-refractivity contribution in [2.45, 2.75) is 26.7 Å². The Morgan fingerprint density at radius 2 is 1.94 bits per heavy atom. The first-order chi connectivity index (χ1) is 8.58.